The van der Waals surface area contributed by atoms with Crippen molar-refractivity contribution in [2.24, 2.45) is 0 Å². The summed E-state index contributed by atoms with van der Waals surface area (Å²) in [6, 6.07) is 7.76. The first-order chi connectivity index (χ1) is 9.56. The van der Waals surface area contributed by atoms with Crippen molar-refractivity contribution in [1.82, 2.24) is 14.9 Å². The van der Waals surface area contributed by atoms with Crippen LogP contribution in [0.3, 0.4) is 0 Å². The summed E-state index contributed by atoms with van der Waals surface area (Å²) in [6.45, 7) is 4.70. The number of urea groups is 1. The van der Waals surface area contributed by atoms with E-state index in [4.69, 9.17) is 0 Å². The fraction of sp³-hybridized carbons (Fsp3) is 0.333. The lowest BCUT2D eigenvalue weighted by atomic mass is 10.0. The van der Waals surface area contributed by atoms with Crippen LogP contribution in [0.25, 0.3) is 0 Å². The molecule has 0 aliphatic rings. The standard InChI is InChI=1S/C15H20N4O/c1-11(2)12-5-4-6-13(9-12)18-15(20)19(3)10-14-16-7-8-17-14/h4-9,11H,10H2,1-3H3,(H,16,17)(H,18,20). The number of hydrogen-bond acceptors (Lipinski definition) is 2. The fourth-order valence-electron chi connectivity index (χ4n) is 1.88. The van der Waals surface area contributed by atoms with Crippen LogP contribution < -0.4 is 5.32 Å². The average molecular weight is 272 g/mol. The van der Waals surface area contributed by atoms with Crippen LogP contribution >= 0.6 is 0 Å². The molecule has 0 saturated heterocycles. The van der Waals surface area contributed by atoms with Crippen molar-refractivity contribution in [2.45, 2.75) is 26.3 Å². The number of nitrogens with one attached hydrogen (secondary N) is 2. The van der Waals surface area contributed by atoms with Gasteiger partial charge in [-0.1, -0.05) is 26.0 Å². The molecule has 5 heteroatoms. The van der Waals surface area contributed by atoms with Gasteiger partial charge >= 0.3 is 6.03 Å². The van der Waals surface area contributed by atoms with E-state index in [1.807, 2.05) is 18.2 Å². The van der Waals surface area contributed by atoms with Crippen LogP contribution in [0.5, 0.6) is 0 Å². The smallest absolute Gasteiger partial charge is 0.321 e. The first-order valence-electron chi connectivity index (χ1n) is 6.66. The van der Waals surface area contributed by atoms with E-state index in [1.54, 1.807) is 24.3 Å². The molecule has 2 rings (SSSR count). The normalized spacial score (nSPS) is 10.6. The number of amides is 2. The number of aromatic amines is 1. The van der Waals surface area contributed by atoms with E-state index >= 15 is 0 Å². The third kappa shape index (κ3) is 3.60. The molecular weight excluding hydrogens is 252 g/mol. The monoisotopic (exact) mass is 272 g/mol. The minimum Gasteiger partial charge on any atom is -0.347 e. The number of imidazole rings is 1. The van der Waals surface area contributed by atoms with Gasteiger partial charge in [0.2, 0.25) is 0 Å². The van der Waals surface area contributed by atoms with E-state index in [9.17, 15) is 4.79 Å². The highest BCUT2D eigenvalue weighted by molar-refractivity contribution is 5.89. The van der Waals surface area contributed by atoms with Crippen molar-refractivity contribution in [1.29, 1.82) is 0 Å². The largest absolute Gasteiger partial charge is 0.347 e. The highest BCUT2D eigenvalue weighted by Crippen LogP contribution is 2.18. The molecule has 1 heterocycles. The van der Waals surface area contributed by atoms with Gasteiger partial charge in [-0.15, -0.1) is 0 Å². The predicted octanol–water partition coefficient (Wildman–Crippen LogP) is 3.20. The number of carbonyl (C=O) groups excluding carboxylic acids is 1. The number of rotatable bonds is 4. The first kappa shape index (κ1) is 14.1. The number of aromatic nitrogens is 2. The zero-order chi connectivity index (χ0) is 14.5. The minimum atomic E-state index is -0.151. The zero-order valence-corrected chi connectivity index (χ0v) is 12.1. The van der Waals surface area contributed by atoms with Crippen LogP contribution in [0.15, 0.2) is 36.7 Å². The summed E-state index contributed by atoms with van der Waals surface area (Å²) < 4.78 is 0. The van der Waals surface area contributed by atoms with Crippen LogP contribution in [-0.2, 0) is 6.54 Å². The van der Waals surface area contributed by atoms with Gasteiger partial charge in [0.15, 0.2) is 0 Å². The van der Waals surface area contributed by atoms with E-state index in [2.05, 4.69) is 35.2 Å². The number of anilines is 1. The molecule has 0 spiro atoms. The molecular formula is C15H20N4O. The fourth-order valence-corrected chi connectivity index (χ4v) is 1.88. The van der Waals surface area contributed by atoms with Gasteiger partial charge in [-0.3, -0.25) is 0 Å². The van der Waals surface area contributed by atoms with Crippen molar-refractivity contribution < 1.29 is 4.79 Å². The summed E-state index contributed by atoms with van der Waals surface area (Å²) in [5, 5.41) is 2.89. The van der Waals surface area contributed by atoms with Crippen LogP contribution in [-0.4, -0.2) is 27.9 Å². The third-order valence-corrected chi connectivity index (χ3v) is 3.09. The Morgan fingerprint density at radius 3 is 2.90 bits per heavy atom. The van der Waals surface area contributed by atoms with Crippen molar-refractivity contribution in [2.75, 3.05) is 12.4 Å². The maximum Gasteiger partial charge on any atom is 0.321 e. The van der Waals surface area contributed by atoms with Gasteiger partial charge in [0.1, 0.15) is 5.82 Å². The lowest BCUT2D eigenvalue weighted by Gasteiger charge is -2.17. The quantitative estimate of drug-likeness (QED) is 0.897. The number of nitrogens with zero attached hydrogens (tertiary/aromatic N) is 2. The Morgan fingerprint density at radius 2 is 2.25 bits per heavy atom. The van der Waals surface area contributed by atoms with E-state index in [0.717, 1.165) is 11.5 Å². The maximum atomic E-state index is 12.1. The van der Waals surface area contributed by atoms with Crippen LogP contribution in [0, 0.1) is 0 Å². The van der Waals surface area contributed by atoms with E-state index < -0.39 is 0 Å². The minimum absolute atomic E-state index is 0.151. The molecule has 1 aromatic heterocycles. The maximum absolute atomic E-state index is 12.1. The van der Waals surface area contributed by atoms with Crippen LogP contribution in [0.4, 0.5) is 10.5 Å². The van der Waals surface area contributed by atoms with Crippen molar-refractivity contribution in [3.05, 3.63) is 48.0 Å². The number of carbonyl (C=O) groups is 1. The summed E-state index contributed by atoms with van der Waals surface area (Å²) in [4.78, 5) is 20.8. The topological polar surface area (TPSA) is 61.0 Å². The van der Waals surface area contributed by atoms with Gasteiger partial charge in [0, 0.05) is 25.1 Å². The summed E-state index contributed by atoms with van der Waals surface area (Å²) in [5.41, 5.74) is 2.02. The lowest BCUT2D eigenvalue weighted by molar-refractivity contribution is 0.219. The van der Waals surface area contributed by atoms with Crippen molar-refractivity contribution in [3.63, 3.8) is 0 Å². The summed E-state index contributed by atoms with van der Waals surface area (Å²) >= 11 is 0. The molecule has 106 valence electrons. The van der Waals surface area contributed by atoms with Crippen molar-refractivity contribution >= 4 is 11.7 Å². The summed E-state index contributed by atoms with van der Waals surface area (Å²) in [5.74, 6) is 1.20. The van der Waals surface area contributed by atoms with Gasteiger partial charge in [0.05, 0.1) is 6.54 Å². The van der Waals surface area contributed by atoms with Crippen LogP contribution in [0.1, 0.15) is 31.2 Å². The molecule has 0 atom stereocenters. The molecule has 20 heavy (non-hydrogen) atoms. The Balaban J connectivity index is 1.98. The second-order valence-electron chi connectivity index (χ2n) is 5.10. The molecule has 0 radical (unpaired) electrons. The average Bonchev–Trinajstić information content (AvgIpc) is 2.91. The van der Waals surface area contributed by atoms with Crippen LogP contribution in [0.2, 0.25) is 0 Å². The van der Waals surface area contributed by atoms with Gasteiger partial charge in [-0.2, -0.15) is 0 Å². The number of benzene rings is 1. The molecule has 2 aromatic rings. The second-order valence-corrected chi connectivity index (χ2v) is 5.10. The molecule has 0 aliphatic carbocycles. The van der Waals surface area contributed by atoms with E-state index in [-0.39, 0.29) is 6.03 Å². The molecule has 0 unspecified atom stereocenters. The van der Waals surface area contributed by atoms with Gasteiger partial charge < -0.3 is 15.2 Å². The number of H-pyrrole nitrogens is 1. The Morgan fingerprint density at radius 1 is 1.45 bits per heavy atom. The Labute approximate surface area is 119 Å². The van der Waals surface area contributed by atoms with E-state index in [0.29, 0.717) is 12.5 Å². The van der Waals surface area contributed by atoms with E-state index in [1.165, 1.54) is 5.56 Å². The lowest BCUT2D eigenvalue weighted by Crippen LogP contribution is -2.31. The molecule has 0 aliphatic heterocycles. The molecule has 0 fully saturated rings. The highest BCUT2D eigenvalue weighted by Gasteiger charge is 2.11. The van der Waals surface area contributed by atoms with Crippen molar-refractivity contribution in [3.8, 4) is 0 Å². The Kier molecular flexibility index (Phi) is 4.40. The molecule has 0 bridgehead atoms. The summed E-state index contributed by atoms with van der Waals surface area (Å²) in [6.07, 6.45) is 3.42. The number of hydrogen-bond donors (Lipinski definition) is 2. The van der Waals surface area contributed by atoms with Gasteiger partial charge in [-0.25, -0.2) is 9.78 Å². The molecule has 2 amide bonds. The predicted molar refractivity (Wildman–Crippen MR) is 79.6 cm³/mol. The molecule has 1 aromatic carbocycles. The zero-order valence-electron chi connectivity index (χ0n) is 12.1. The molecule has 2 N–H and O–H groups in total. The molecule has 0 saturated carbocycles. The van der Waals surface area contributed by atoms with Gasteiger partial charge in [0.25, 0.3) is 0 Å². The Bertz CT molecular complexity index is 563. The first-order valence-corrected chi connectivity index (χ1v) is 6.66. The third-order valence-electron chi connectivity index (χ3n) is 3.09. The van der Waals surface area contributed by atoms with Gasteiger partial charge in [-0.05, 0) is 23.6 Å². The Hall–Kier alpha value is -2.30. The molecule has 5 nitrogen and oxygen atoms in total. The summed E-state index contributed by atoms with van der Waals surface area (Å²) in [7, 11) is 1.74. The second kappa shape index (κ2) is 6.23. The SMILES string of the molecule is CC(C)c1cccc(NC(=O)N(C)Cc2ncc[nH]2)c1. The highest BCUT2D eigenvalue weighted by atomic mass is 16.2.